The maximum absolute atomic E-state index is 12.1. The van der Waals surface area contributed by atoms with E-state index in [2.05, 4.69) is 5.32 Å². The molecule has 0 aliphatic heterocycles. The van der Waals surface area contributed by atoms with Gasteiger partial charge in [-0.15, -0.1) is 0 Å². The molecule has 1 saturated carbocycles. The van der Waals surface area contributed by atoms with Gasteiger partial charge in [-0.3, -0.25) is 9.59 Å². The second-order valence-corrected chi connectivity index (χ2v) is 6.17. The Hall–Kier alpha value is -2.08. The number of carbonyl (C=O) groups excluding carboxylic acids is 2. The summed E-state index contributed by atoms with van der Waals surface area (Å²) < 4.78 is 15.4. The van der Waals surface area contributed by atoms with E-state index >= 15 is 0 Å². The van der Waals surface area contributed by atoms with Gasteiger partial charge in [-0.1, -0.05) is 18.2 Å². The molecule has 1 fully saturated rings. The van der Waals surface area contributed by atoms with Gasteiger partial charge in [0.25, 0.3) is 0 Å². The smallest absolute Gasteiger partial charge is 0.309 e. The van der Waals surface area contributed by atoms with E-state index in [-0.39, 0.29) is 30.4 Å². The zero-order chi connectivity index (χ0) is 17.9. The lowest BCUT2D eigenvalue weighted by Gasteiger charge is -2.26. The molecule has 6 heteroatoms. The van der Waals surface area contributed by atoms with E-state index in [1.54, 1.807) is 7.11 Å². The first-order valence-corrected chi connectivity index (χ1v) is 8.82. The molecule has 1 aliphatic rings. The van der Waals surface area contributed by atoms with Crippen LogP contribution in [0, 0.1) is 11.8 Å². The molecule has 2 rings (SSSR count). The Morgan fingerprint density at radius 1 is 0.920 bits per heavy atom. The summed E-state index contributed by atoms with van der Waals surface area (Å²) in [6, 6.07) is 9.79. The quantitative estimate of drug-likeness (QED) is 0.546. The Balaban J connectivity index is 1.60. The Morgan fingerprint density at radius 3 is 2.04 bits per heavy atom. The summed E-state index contributed by atoms with van der Waals surface area (Å²) in [5.74, 6) is -0.572. The fraction of sp³-hybridized carbons (Fsp3) is 0.579. The van der Waals surface area contributed by atoms with Crippen LogP contribution in [0.2, 0.25) is 0 Å². The number of para-hydroxylation sites is 1. The van der Waals surface area contributed by atoms with Crippen LogP contribution < -0.4 is 5.32 Å². The summed E-state index contributed by atoms with van der Waals surface area (Å²) in [5, 5.41) is 3.20. The predicted molar refractivity (Wildman–Crippen MR) is 94.2 cm³/mol. The first kappa shape index (κ1) is 19.2. The minimum absolute atomic E-state index is 0.111. The molecular weight excluding hydrogens is 322 g/mol. The van der Waals surface area contributed by atoms with Crippen LogP contribution >= 0.6 is 0 Å². The summed E-state index contributed by atoms with van der Waals surface area (Å²) in [6.07, 6.45) is 2.70. The molecule has 1 aromatic rings. The van der Waals surface area contributed by atoms with Gasteiger partial charge in [-0.05, 0) is 37.8 Å². The lowest BCUT2D eigenvalue weighted by atomic mass is 9.82. The molecule has 0 aromatic heterocycles. The summed E-state index contributed by atoms with van der Waals surface area (Å²) >= 11 is 0. The molecule has 6 nitrogen and oxygen atoms in total. The number of hydrogen-bond donors (Lipinski definition) is 1. The third kappa shape index (κ3) is 6.74. The molecule has 0 atom stereocenters. The van der Waals surface area contributed by atoms with Crippen LogP contribution in [0.4, 0.5) is 5.69 Å². The summed E-state index contributed by atoms with van der Waals surface area (Å²) in [7, 11) is 1.57. The highest BCUT2D eigenvalue weighted by Crippen LogP contribution is 2.30. The molecular formula is C19H27NO5. The van der Waals surface area contributed by atoms with Crippen LogP contribution in [0.25, 0.3) is 0 Å². The van der Waals surface area contributed by atoms with Gasteiger partial charge in [0.1, 0.15) is 13.2 Å². The second-order valence-electron chi connectivity index (χ2n) is 6.17. The summed E-state index contributed by atoms with van der Waals surface area (Å²) in [5.41, 5.74) is 1.01. The predicted octanol–water partition coefficient (Wildman–Crippen LogP) is 2.64. The molecule has 0 radical (unpaired) electrons. The number of nitrogens with one attached hydrogen (secondary N) is 1. The maximum Gasteiger partial charge on any atom is 0.309 e. The number of carbonyl (C=O) groups is 2. The zero-order valence-corrected chi connectivity index (χ0v) is 14.7. The van der Waals surface area contributed by atoms with Crippen LogP contribution in [0.15, 0.2) is 30.3 Å². The summed E-state index contributed by atoms with van der Waals surface area (Å²) in [6.45, 7) is 1.61. The molecule has 0 heterocycles. The number of rotatable bonds is 9. The van der Waals surface area contributed by atoms with Crippen LogP contribution in [0.1, 0.15) is 25.7 Å². The molecule has 1 N–H and O–H groups in total. The van der Waals surface area contributed by atoms with Gasteiger partial charge in [-0.25, -0.2) is 0 Å². The van der Waals surface area contributed by atoms with Gasteiger partial charge in [0.2, 0.25) is 0 Å². The van der Waals surface area contributed by atoms with Gasteiger partial charge < -0.3 is 19.5 Å². The third-order valence-corrected chi connectivity index (χ3v) is 4.37. The molecule has 0 unspecified atom stereocenters. The molecule has 0 amide bonds. The molecule has 0 bridgehead atoms. The normalized spacial score (nSPS) is 19.9. The fourth-order valence-corrected chi connectivity index (χ4v) is 2.93. The lowest BCUT2D eigenvalue weighted by molar-refractivity contribution is -0.155. The topological polar surface area (TPSA) is 73.9 Å². The van der Waals surface area contributed by atoms with E-state index in [9.17, 15) is 9.59 Å². The van der Waals surface area contributed by atoms with Gasteiger partial charge in [0, 0.05) is 19.3 Å². The van der Waals surface area contributed by atoms with Crippen LogP contribution in [0.5, 0.6) is 0 Å². The van der Waals surface area contributed by atoms with Gasteiger partial charge >= 0.3 is 11.9 Å². The highest BCUT2D eigenvalue weighted by atomic mass is 16.6. The Bertz CT molecular complexity index is 526. The number of hydrogen-bond acceptors (Lipinski definition) is 6. The summed E-state index contributed by atoms with van der Waals surface area (Å²) in [4.78, 5) is 24.0. The van der Waals surface area contributed by atoms with Crippen LogP contribution in [0.3, 0.4) is 0 Å². The van der Waals surface area contributed by atoms with Crippen LogP contribution in [-0.2, 0) is 23.8 Å². The van der Waals surface area contributed by atoms with Crippen molar-refractivity contribution in [2.75, 3.05) is 38.8 Å². The number of methoxy groups -OCH3 is 1. The van der Waals surface area contributed by atoms with Crippen LogP contribution in [-0.4, -0.2) is 45.4 Å². The highest BCUT2D eigenvalue weighted by molar-refractivity contribution is 5.75. The number of ether oxygens (including phenoxy) is 3. The van der Waals surface area contributed by atoms with Gasteiger partial charge in [-0.2, -0.15) is 0 Å². The molecule has 0 saturated heterocycles. The number of anilines is 1. The van der Waals surface area contributed by atoms with Crippen molar-refractivity contribution in [3.8, 4) is 0 Å². The first-order valence-electron chi connectivity index (χ1n) is 8.82. The van der Waals surface area contributed by atoms with Crippen molar-refractivity contribution < 1.29 is 23.8 Å². The molecule has 0 spiro atoms. The largest absolute Gasteiger partial charge is 0.464 e. The number of benzene rings is 1. The minimum Gasteiger partial charge on any atom is -0.464 e. The highest BCUT2D eigenvalue weighted by Gasteiger charge is 2.31. The Kier molecular flexibility index (Phi) is 8.25. The van der Waals surface area contributed by atoms with Gasteiger partial charge in [0.05, 0.1) is 18.4 Å². The van der Waals surface area contributed by atoms with Crippen molar-refractivity contribution in [2.45, 2.75) is 25.7 Å². The standard InChI is InChI=1S/C19H27NO5/c1-23-13-14-25-19(22)16-9-7-15(8-10-16)18(21)24-12-11-20-17-5-3-2-4-6-17/h2-6,15-16,20H,7-14H2,1H3. The van der Waals surface area contributed by atoms with Crippen molar-refractivity contribution in [2.24, 2.45) is 11.8 Å². The SMILES string of the molecule is COCCOC(=O)C1CCC(C(=O)OCCNc2ccccc2)CC1. The fourth-order valence-electron chi connectivity index (χ4n) is 2.93. The van der Waals surface area contributed by atoms with E-state index in [0.29, 0.717) is 45.4 Å². The molecule has 1 aromatic carbocycles. The molecule has 25 heavy (non-hydrogen) atoms. The van der Waals surface area contributed by atoms with Crippen molar-refractivity contribution in [1.82, 2.24) is 0 Å². The Labute approximate surface area is 148 Å². The third-order valence-electron chi connectivity index (χ3n) is 4.37. The maximum atomic E-state index is 12.1. The number of esters is 2. The molecule has 138 valence electrons. The van der Waals surface area contributed by atoms with E-state index in [1.165, 1.54) is 0 Å². The second kappa shape index (κ2) is 10.7. The average Bonchev–Trinajstić information content (AvgIpc) is 2.66. The van der Waals surface area contributed by atoms with E-state index < -0.39 is 0 Å². The first-order chi connectivity index (χ1) is 12.2. The van der Waals surface area contributed by atoms with Crippen molar-refractivity contribution in [3.05, 3.63) is 30.3 Å². The van der Waals surface area contributed by atoms with E-state index in [0.717, 1.165) is 5.69 Å². The van der Waals surface area contributed by atoms with Gasteiger partial charge in [0.15, 0.2) is 0 Å². The van der Waals surface area contributed by atoms with Crippen molar-refractivity contribution in [1.29, 1.82) is 0 Å². The van der Waals surface area contributed by atoms with E-state index in [4.69, 9.17) is 14.2 Å². The monoisotopic (exact) mass is 349 g/mol. The van der Waals surface area contributed by atoms with Crippen molar-refractivity contribution in [3.63, 3.8) is 0 Å². The van der Waals surface area contributed by atoms with E-state index in [1.807, 2.05) is 30.3 Å². The zero-order valence-electron chi connectivity index (χ0n) is 14.7. The van der Waals surface area contributed by atoms with Crippen molar-refractivity contribution >= 4 is 17.6 Å². The Morgan fingerprint density at radius 2 is 1.48 bits per heavy atom. The molecule has 1 aliphatic carbocycles. The lowest BCUT2D eigenvalue weighted by Crippen LogP contribution is -2.29. The average molecular weight is 349 g/mol. The minimum atomic E-state index is -0.184.